The van der Waals surface area contributed by atoms with Crippen molar-refractivity contribution < 1.29 is 19.4 Å². The van der Waals surface area contributed by atoms with E-state index in [0.717, 1.165) is 31.2 Å². The van der Waals surface area contributed by atoms with Crippen LogP contribution in [0.4, 0.5) is 0 Å². The number of benzene rings is 3. The van der Waals surface area contributed by atoms with Crippen LogP contribution >= 0.6 is 0 Å². The third-order valence-electron chi connectivity index (χ3n) is 5.38. The molecule has 0 spiro atoms. The highest BCUT2D eigenvalue weighted by molar-refractivity contribution is 5.93. The number of carboxylic acids is 1. The number of aromatic carboxylic acids is 1. The number of imidazole rings is 1. The number of aromatic nitrogens is 2. The third kappa shape index (κ3) is 5.09. The summed E-state index contributed by atoms with van der Waals surface area (Å²) in [6.45, 7) is 0.608. The minimum Gasteiger partial charge on any atom is -0.493 e. The molecule has 0 saturated carbocycles. The fourth-order valence-electron chi connectivity index (χ4n) is 3.65. The zero-order valence-corrected chi connectivity index (χ0v) is 18.0. The SMILES string of the molecule is COc1ccc(-c2nc3ccc(C(=O)O)cc3[nH]2)cc1OCCCCCc1ccccc1. The van der Waals surface area contributed by atoms with Crippen LogP contribution in [0.5, 0.6) is 11.5 Å². The first-order chi connectivity index (χ1) is 15.6. The largest absolute Gasteiger partial charge is 0.493 e. The van der Waals surface area contributed by atoms with E-state index in [1.807, 2.05) is 24.3 Å². The second-order valence-corrected chi connectivity index (χ2v) is 7.63. The summed E-state index contributed by atoms with van der Waals surface area (Å²) < 4.78 is 11.5. The monoisotopic (exact) mass is 430 g/mol. The molecular weight excluding hydrogens is 404 g/mol. The molecule has 6 nitrogen and oxygen atoms in total. The molecule has 0 fully saturated rings. The molecule has 0 radical (unpaired) electrons. The number of carbonyl (C=O) groups is 1. The van der Waals surface area contributed by atoms with Crippen molar-refractivity contribution in [2.24, 2.45) is 0 Å². The summed E-state index contributed by atoms with van der Waals surface area (Å²) in [5, 5.41) is 9.19. The molecule has 4 rings (SSSR count). The lowest BCUT2D eigenvalue weighted by Crippen LogP contribution is -2.00. The maximum absolute atomic E-state index is 11.2. The maximum atomic E-state index is 11.2. The van der Waals surface area contributed by atoms with Gasteiger partial charge in [0.05, 0.1) is 30.3 Å². The van der Waals surface area contributed by atoms with Gasteiger partial charge in [-0.25, -0.2) is 9.78 Å². The van der Waals surface area contributed by atoms with Gasteiger partial charge >= 0.3 is 5.97 Å². The number of fused-ring (bicyclic) bond motifs is 1. The summed E-state index contributed by atoms with van der Waals surface area (Å²) in [6.07, 6.45) is 4.26. The maximum Gasteiger partial charge on any atom is 0.335 e. The molecular formula is C26H26N2O4. The summed E-state index contributed by atoms with van der Waals surface area (Å²) in [6, 6.07) is 21.0. The van der Waals surface area contributed by atoms with E-state index in [4.69, 9.17) is 9.47 Å². The zero-order chi connectivity index (χ0) is 22.3. The van der Waals surface area contributed by atoms with Crippen LogP contribution in [0.25, 0.3) is 22.4 Å². The van der Waals surface area contributed by atoms with E-state index < -0.39 is 5.97 Å². The minimum atomic E-state index is -0.966. The van der Waals surface area contributed by atoms with Gasteiger partial charge < -0.3 is 19.6 Å². The number of nitrogens with zero attached hydrogens (tertiary/aromatic N) is 1. The van der Waals surface area contributed by atoms with Crippen molar-refractivity contribution in [3.63, 3.8) is 0 Å². The van der Waals surface area contributed by atoms with E-state index in [0.29, 0.717) is 35.0 Å². The molecule has 3 aromatic carbocycles. The molecule has 0 bridgehead atoms. The Hall–Kier alpha value is -3.80. The van der Waals surface area contributed by atoms with Gasteiger partial charge in [-0.2, -0.15) is 0 Å². The summed E-state index contributed by atoms with van der Waals surface area (Å²) in [5.74, 6) is 1.02. The van der Waals surface area contributed by atoms with E-state index in [2.05, 4.69) is 34.2 Å². The van der Waals surface area contributed by atoms with E-state index >= 15 is 0 Å². The Labute approximate surface area is 186 Å². The Morgan fingerprint density at radius 3 is 2.59 bits per heavy atom. The summed E-state index contributed by atoms with van der Waals surface area (Å²) in [4.78, 5) is 19.0. The number of H-pyrrole nitrogens is 1. The second kappa shape index (κ2) is 10.0. The Kier molecular flexibility index (Phi) is 6.70. The molecule has 164 valence electrons. The Balaban J connectivity index is 1.40. The third-order valence-corrected chi connectivity index (χ3v) is 5.38. The number of aromatic amines is 1. The molecule has 1 aromatic heterocycles. The van der Waals surface area contributed by atoms with E-state index in [-0.39, 0.29) is 5.56 Å². The van der Waals surface area contributed by atoms with Gasteiger partial charge in [0.2, 0.25) is 0 Å². The summed E-state index contributed by atoms with van der Waals surface area (Å²) in [5.41, 5.74) is 3.82. The topological polar surface area (TPSA) is 84.4 Å². The van der Waals surface area contributed by atoms with Gasteiger partial charge in [-0.3, -0.25) is 0 Å². The van der Waals surface area contributed by atoms with Crippen LogP contribution in [0.15, 0.2) is 66.7 Å². The van der Waals surface area contributed by atoms with Crippen molar-refractivity contribution in [1.82, 2.24) is 9.97 Å². The Bertz CT molecular complexity index is 1200. The number of ether oxygens (including phenoxy) is 2. The van der Waals surface area contributed by atoms with Crippen molar-refractivity contribution >= 4 is 17.0 Å². The summed E-state index contributed by atoms with van der Waals surface area (Å²) in [7, 11) is 1.62. The van der Waals surface area contributed by atoms with Gasteiger partial charge in [0.15, 0.2) is 11.5 Å². The number of hydrogen-bond acceptors (Lipinski definition) is 4. The van der Waals surface area contributed by atoms with Gasteiger partial charge in [-0.05, 0) is 67.6 Å². The molecule has 0 unspecified atom stereocenters. The van der Waals surface area contributed by atoms with Crippen LogP contribution in [0.2, 0.25) is 0 Å². The van der Waals surface area contributed by atoms with Crippen LogP contribution in [0, 0.1) is 0 Å². The van der Waals surface area contributed by atoms with E-state index in [9.17, 15) is 9.90 Å². The highest BCUT2D eigenvalue weighted by Gasteiger charge is 2.12. The Morgan fingerprint density at radius 2 is 1.81 bits per heavy atom. The predicted octanol–water partition coefficient (Wildman–Crippen LogP) is 5.73. The first kappa shape index (κ1) is 21.4. The van der Waals surface area contributed by atoms with Gasteiger partial charge in [0.1, 0.15) is 5.82 Å². The minimum absolute atomic E-state index is 0.221. The van der Waals surface area contributed by atoms with E-state index in [1.165, 1.54) is 5.56 Å². The smallest absolute Gasteiger partial charge is 0.335 e. The zero-order valence-electron chi connectivity index (χ0n) is 18.0. The Morgan fingerprint density at radius 1 is 0.969 bits per heavy atom. The highest BCUT2D eigenvalue weighted by atomic mass is 16.5. The quantitative estimate of drug-likeness (QED) is 0.314. The van der Waals surface area contributed by atoms with Crippen LogP contribution in [-0.4, -0.2) is 34.8 Å². The van der Waals surface area contributed by atoms with Crippen LogP contribution < -0.4 is 9.47 Å². The molecule has 32 heavy (non-hydrogen) atoms. The molecule has 0 amide bonds. The van der Waals surface area contributed by atoms with Gasteiger partial charge in [-0.1, -0.05) is 30.3 Å². The lowest BCUT2D eigenvalue weighted by molar-refractivity contribution is 0.0697. The molecule has 0 saturated heterocycles. The van der Waals surface area contributed by atoms with Crippen molar-refractivity contribution in [3.05, 3.63) is 77.9 Å². The number of hydrogen-bond donors (Lipinski definition) is 2. The van der Waals surface area contributed by atoms with Gasteiger partial charge in [-0.15, -0.1) is 0 Å². The summed E-state index contributed by atoms with van der Waals surface area (Å²) >= 11 is 0. The number of nitrogens with one attached hydrogen (secondary N) is 1. The van der Waals surface area contributed by atoms with E-state index in [1.54, 1.807) is 25.3 Å². The van der Waals surface area contributed by atoms with Crippen LogP contribution in [0.1, 0.15) is 35.2 Å². The van der Waals surface area contributed by atoms with Crippen LogP contribution in [0.3, 0.4) is 0 Å². The molecule has 0 aliphatic carbocycles. The molecule has 2 N–H and O–H groups in total. The molecule has 0 aliphatic rings. The average Bonchev–Trinajstić information content (AvgIpc) is 3.25. The predicted molar refractivity (Wildman–Crippen MR) is 125 cm³/mol. The number of aryl methyl sites for hydroxylation is 1. The number of methoxy groups -OCH3 is 1. The molecule has 1 heterocycles. The second-order valence-electron chi connectivity index (χ2n) is 7.63. The van der Waals surface area contributed by atoms with Gasteiger partial charge in [0, 0.05) is 5.56 Å². The van der Waals surface area contributed by atoms with Crippen molar-refractivity contribution in [3.8, 4) is 22.9 Å². The van der Waals surface area contributed by atoms with Crippen molar-refractivity contribution in [2.75, 3.05) is 13.7 Å². The molecule has 0 atom stereocenters. The normalized spacial score (nSPS) is 10.9. The van der Waals surface area contributed by atoms with Gasteiger partial charge in [0.25, 0.3) is 0 Å². The lowest BCUT2D eigenvalue weighted by atomic mass is 10.1. The molecule has 0 aliphatic heterocycles. The fraction of sp³-hybridized carbons (Fsp3) is 0.231. The first-order valence-corrected chi connectivity index (χ1v) is 10.7. The van der Waals surface area contributed by atoms with Crippen LogP contribution in [-0.2, 0) is 6.42 Å². The lowest BCUT2D eigenvalue weighted by Gasteiger charge is -2.12. The fourth-order valence-corrected chi connectivity index (χ4v) is 3.65. The number of carboxylic acid groups (broad SMARTS) is 1. The van der Waals surface area contributed by atoms with Crippen molar-refractivity contribution in [1.29, 1.82) is 0 Å². The van der Waals surface area contributed by atoms with Crippen molar-refractivity contribution in [2.45, 2.75) is 25.7 Å². The number of unbranched alkanes of at least 4 members (excludes halogenated alkanes) is 2. The first-order valence-electron chi connectivity index (χ1n) is 10.7. The number of rotatable bonds is 10. The highest BCUT2D eigenvalue weighted by Crippen LogP contribution is 2.32. The molecule has 6 heteroatoms. The molecule has 4 aromatic rings. The average molecular weight is 431 g/mol. The standard InChI is InChI=1S/C26H26N2O4/c1-31-23-14-12-19(25-27-21-13-11-20(26(29)30)16-22(21)28-25)17-24(23)32-15-7-3-6-10-18-8-4-2-5-9-18/h2,4-5,8-9,11-14,16-17H,3,6-7,10,15H2,1H3,(H,27,28)(H,29,30).